The van der Waals surface area contributed by atoms with Gasteiger partial charge in [-0.15, -0.1) is 0 Å². The van der Waals surface area contributed by atoms with Gasteiger partial charge in [-0.3, -0.25) is 19.6 Å². The van der Waals surface area contributed by atoms with Crippen LogP contribution in [0.25, 0.3) is 0 Å². The Kier molecular flexibility index (Phi) is 12.1. The minimum Gasteiger partial charge on any atom is -0.326 e. The molecule has 2 aromatic rings. The molecule has 2 aromatic heterocycles. The van der Waals surface area contributed by atoms with Gasteiger partial charge in [0.15, 0.2) is 0 Å². The molecule has 0 bridgehead atoms. The van der Waals surface area contributed by atoms with E-state index in [2.05, 4.69) is 20.6 Å². The van der Waals surface area contributed by atoms with Crippen molar-refractivity contribution < 1.29 is 9.59 Å². The van der Waals surface area contributed by atoms with Crippen molar-refractivity contribution in [3.05, 3.63) is 49.1 Å². The van der Waals surface area contributed by atoms with Crippen LogP contribution in [-0.4, -0.2) is 21.8 Å². The van der Waals surface area contributed by atoms with Gasteiger partial charge >= 0.3 is 0 Å². The predicted octanol–water partition coefficient (Wildman–Crippen LogP) is 4.38. The van der Waals surface area contributed by atoms with Crippen molar-refractivity contribution in [1.82, 2.24) is 9.97 Å². The van der Waals surface area contributed by atoms with E-state index in [-0.39, 0.29) is 23.7 Å². The summed E-state index contributed by atoms with van der Waals surface area (Å²) in [6, 6.07) is 7.13. The molecule has 6 heteroatoms. The first-order valence-corrected chi connectivity index (χ1v) is 8.82. The Bertz CT molecular complexity index is 571. The molecule has 0 aromatic carbocycles. The number of nitrogens with one attached hydrogen (secondary N) is 2. The lowest BCUT2D eigenvalue weighted by Crippen LogP contribution is -2.17. The van der Waals surface area contributed by atoms with Crippen LogP contribution in [0.4, 0.5) is 11.4 Å². The largest absolute Gasteiger partial charge is 0.326 e. The van der Waals surface area contributed by atoms with Gasteiger partial charge in [0.25, 0.3) is 0 Å². The quantitative estimate of drug-likeness (QED) is 0.849. The summed E-state index contributed by atoms with van der Waals surface area (Å²) < 4.78 is 0. The third kappa shape index (κ3) is 10.2. The van der Waals surface area contributed by atoms with Crippen LogP contribution in [0.1, 0.15) is 41.5 Å². The van der Waals surface area contributed by atoms with E-state index in [1.165, 1.54) is 0 Å². The van der Waals surface area contributed by atoms with Crippen molar-refractivity contribution in [2.24, 2.45) is 11.8 Å². The molecule has 2 N–H and O–H groups in total. The number of nitrogens with zero attached hydrogens (tertiary/aromatic N) is 2. The first kappa shape index (κ1) is 23.2. The second kappa shape index (κ2) is 13.5. The zero-order valence-electron chi connectivity index (χ0n) is 16.5. The van der Waals surface area contributed by atoms with Crippen LogP contribution in [0.2, 0.25) is 0 Å². The maximum Gasteiger partial charge on any atom is 0.226 e. The lowest BCUT2D eigenvalue weighted by atomic mass is 10.2. The molecule has 2 rings (SSSR count). The minimum atomic E-state index is 0.00482. The Labute approximate surface area is 156 Å². The van der Waals surface area contributed by atoms with E-state index >= 15 is 0 Å². The average molecular weight is 358 g/mol. The highest BCUT2D eigenvalue weighted by Gasteiger charge is 2.06. The lowest BCUT2D eigenvalue weighted by Gasteiger charge is -2.06. The zero-order valence-corrected chi connectivity index (χ0v) is 16.5. The summed E-state index contributed by atoms with van der Waals surface area (Å²) in [5.74, 6) is 0.0626. The molecule has 0 aliphatic rings. The lowest BCUT2D eigenvalue weighted by molar-refractivity contribution is -0.119. The number of carbonyl (C=O) groups excluding carboxylic acids is 2. The van der Waals surface area contributed by atoms with Gasteiger partial charge in [-0.05, 0) is 24.3 Å². The van der Waals surface area contributed by atoms with E-state index in [9.17, 15) is 9.59 Å². The second-order valence-corrected chi connectivity index (χ2v) is 5.77. The Morgan fingerprint density at radius 1 is 0.769 bits per heavy atom. The van der Waals surface area contributed by atoms with Gasteiger partial charge in [0, 0.05) is 36.1 Å². The Hall–Kier alpha value is -2.76. The number of amides is 2. The van der Waals surface area contributed by atoms with Crippen LogP contribution < -0.4 is 10.6 Å². The molecule has 2 heterocycles. The van der Waals surface area contributed by atoms with Crippen LogP contribution >= 0.6 is 0 Å². The van der Waals surface area contributed by atoms with Gasteiger partial charge < -0.3 is 10.6 Å². The number of hydrogen-bond acceptors (Lipinski definition) is 4. The molecule has 0 atom stereocenters. The number of aromatic nitrogens is 2. The Morgan fingerprint density at radius 3 is 1.69 bits per heavy atom. The highest BCUT2D eigenvalue weighted by atomic mass is 16.2. The molecule has 0 unspecified atom stereocenters. The maximum absolute atomic E-state index is 11.2. The summed E-state index contributed by atoms with van der Waals surface area (Å²) in [5.41, 5.74) is 1.54. The zero-order chi connectivity index (χ0) is 19.9. The van der Waals surface area contributed by atoms with E-state index in [0.717, 1.165) is 11.4 Å². The molecular formula is C20H30N4O2. The standard InChI is InChI=1S/2C9H12N2O.C2H6/c1-7(2)9(12)11-8-3-5-10-6-4-8;1-7(2)9(12)11-8-4-3-5-10-6-8;1-2/h3-7H,1-2H3,(H,10,11,12);3-7H,1-2H3,(H,11,12);1-2H3. The molecular weight excluding hydrogens is 328 g/mol. The summed E-state index contributed by atoms with van der Waals surface area (Å²) in [5, 5.41) is 5.50. The van der Waals surface area contributed by atoms with E-state index in [1.807, 2.05) is 47.6 Å². The molecule has 0 radical (unpaired) electrons. The van der Waals surface area contributed by atoms with Gasteiger partial charge in [-0.2, -0.15) is 0 Å². The highest BCUT2D eigenvalue weighted by molar-refractivity contribution is 5.92. The van der Waals surface area contributed by atoms with Crippen LogP contribution in [0.15, 0.2) is 49.1 Å². The molecule has 0 saturated heterocycles. The fraction of sp³-hybridized carbons (Fsp3) is 0.400. The van der Waals surface area contributed by atoms with E-state index in [1.54, 1.807) is 43.0 Å². The van der Waals surface area contributed by atoms with Gasteiger partial charge in [0.05, 0.1) is 11.9 Å². The first-order valence-electron chi connectivity index (χ1n) is 8.82. The third-order valence-corrected chi connectivity index (χ3v) is 2.93. The van der Waals surface area contributed by atoms with Crippen LogP contribution in [0.5, 0.6) is 0 Å². The number of hydrogen-bond donors (Lipinski definition) is 2. The smallest absolute Gasteiger partial charge is 0.226 e. The average Bonchev–Trinajstić information content (AvgIpc) is 2.65. The molecule has 0 aliphatic carbocycles. The normalized spacial score (nSPS) is 9.38. The SMILES string of the molecule is CC.CC(C)C(=O)Nc1cccnc1.CC(C)C(=O)Nc1ccncc1. The van der Waals surface area contributed by atoms with Crippen LogP contribution in [0.3, 0.4) is 0 Å². The summed E-state index contributed by atoms with van der Waals surface area (Å²) in [7, 11) is 0. The summed E-state index contributed by atoms with van der Waals surface area (Å²) >= 11 is 0. The van der Waals surface area contributed by atoms with Crippen LogP contribution in [0, 0.1) is 11.8 Å². The van der Waals surface area contributed by atoms with E-state index < -0.39 is 0 Å². The summed E-state index contributed by atoms with van der Waals surface area (Å²) in [6.45, 7) is 11.4. The molecule has 0 saturated carbocycles. The van der Waals surface area contributed by atoms with Gasteiger partial charge in [0.2, 0.25) is 11.8 Å². The molecule has 142 valence electrons. The molecule has 6 nitrogen and oxygen atoms in total. The first-order chi connectivity index (χ1) is 12.4. The number of pyridine rings is 2. The van der Waals surface area contributed by atoms with Gasteiger partial charge in [-0.25, -0.2) is 0 Å². The van der Waals surface area contributed by atoms with Crippen molar-refractivity contribution in [2.75, 3.05) is 10.6 Å². The minimum absolute atomic E-state index is 0.00482. The van der Waals surface area contributed by atoms with Gasteiger partial charge in [0.1, 0.15) is 0 Å². The molecule has 0 spiro atoms. The van der Waals surface area contributed by atoms with Crippen molar-refractivity contribution in [3.8, 4) is 0 Å². The highest BCUT2D eigenvalue weighted by Crippen LogP contribution is 2.06. The Morgan fingerprint density at radius 2 is 1.27 bits per heavy atom. The fourth-order valence-electron chi connectivity index (χ4n) is 1.45. The number of carbonyl (C=O) groups is 2. The molecule has 26 heavy (non-hydrogen) atoms. The molecule has 0 fully saturated rings. The second-order valence-electron chi connectivity index (χ2n) is 5.77. The Balaban J connectivity index is 0.000000439. The molecule has 0 aliphatic heterocycles. The number of anilines is 2. The van der Waals surface area contributed by atoms with Crippen molar-refractivity contribution in [2.45, 2.75) is 41.5 Å². The van der Waals surface area contributed by atoms with Crippen molar-refractivity contribution in [1.29, 1.82) is 0 Å². The maximum atomic E-state index is 11.2. The number of rotatable bonds is 4. The van der Waals surface area contributed by atoms with Crippen molar-refractivity contribution >= 4 is 23.2 Å². The topological polar surface area (TPSA) is 84.0 Å². The van der Waals surface area contributed by atoms with Gasteiger partial charge in [-0.1, -0.05) is 41.5 Å². The fourth-order valence-corrected chi connectivity index (χ4v) is 1.45. The predicted molar refractivity (Wildman–Crippen MR) is 107 cm³/mol. The third-order valence-electron chi connectivity index (χ3n) is 2.93. The van der Waals surface area contributed by atoms with E-state index in [4.69, 9.17) is 0 Å². The summed E-state index contributed by atoms with van der Waals surface area (Å²) in [4.78, 5) is 30.1. The van der Waals surface area contributed by atoms with E-state index in [0.29, 0.717) is 0 Å². The molecule has 2 amide bonds. The monoisotopic (exact) mass is 358 g/mol. The van der Waals surface area contributed by atoms with Crippen LogP contribution in [-0.2, 0) is 9.59 Å². The van der Waals surface area contributed by atoms with Crippen molar-refractivity contribution in [3.63, 3.8) is 0 Å². The summed E-state index contributed by atoms with van der Waals surface area (Å²) in [6.07, 6.45) is 6.59.